The summed E-state index contributed by atoms with van der Waals surface area (Å²) >= 11 is 5.37. The smallest absolute Gasteiger partial charge is 0.406 e. The first-order valence-corrected chi connectivity index (χ1v) is 11.2. The first-order valence-electron chi connectivity index (χ1n) is 10.8. The minimum absolute atomic E-state index is 0.118. The summed E-state index contributed by atoms with van der Waals surface area (Å²) in [6.07, 6.45) is -3.22. The molecule has 0 unspecified atom stereocenters. The number of hydrogen-bond acceptors (Lipinski definition) is 5. The van der Waals surface area contributed by atoms with E-state index in [4.69, 9.17) is 11.6 Å². The second-order valence-corrected chi connectivity index (χ2v) is 8.82. The topological polar surface area (TPSA) is 84.4 Å². The molecule has 1 fully saturated rings. The number of benzene rings is 1. The monoisotopic (exact) mass is 554 g/mol. The summed E-state index contributed by atoms with van der Waals surface area (Å²) in [5.74, 6) is -8.06. The van der Waals surface area contributed by atoms with Crippen LogP contribution in [0, 0.1) is 5.82 Å². The fraction of sp³-hybridized carbons (Fsp3) is 0.429. The molecule has 0 radical (unpaired) electrons. The highest BCUT2D eigenvalue weighted by atomic mass is 35.5. The van der Waals surface area contributed by atoms with Crippen molar-refractivity contribution in [1.82, 2.24) is 15.3 Å². The number of halogens is 8. The summed E-state index contributed by atoms with van der Waals surface area (Å²) in [6.45, 7) is 0. The van der Waals surface area contributed by atoms with E-state index in [-0.39, 0.29) is 24.5 Å². The van der Waals surface area contributed by atoms with Crippen LogP contribution in [0.25, 0.3) is 0 Å². The van der Waals surface area contributed by atoms with Gasteiger partial charge in [0, 0.05) is 42.9 Å². The number of amides is 2. The van der Waals surface area contributed by atoms with Gasteiger partial charge >= 0.3 is 6.36 Å². The fourth-order valence-corrected chi connectivity index (χ4v) is 4.06. The van der Waals surface area contributed by atoms with E-state index in [1.54, 1.807) is 0 Å². The third-order valence-corrected chi connectivity index (χ3v) is 6.05. The Morgan fingerprint density at radius 2 is 1.78 bits per heavy atom. The number of rotatable bonds is 7. The molecule has 3 rings (SSSR count). The first kappa shape index (κ1) is 28.5. The number of hydrogen-bond donors (Lipinski definition) is 1. The molecule has 1 aromatic heterocycles. The van der Waals surface area contributed by atoms with Gasteiger partial charge in [0.2, 0.25) is 11.8 Å². The van der Waals surface area contributed by atoms with Crippen LogP contribution < -0.4 is 15.0 Å². The number of alkyl halides is 7. The molecule has 0 saturated heterocycles. The molecule has 2 atom stereocenters. The van der Waals surface area contributed by atoms with Gasteiger partial charge in [-0.2, -0.15) is 0 Å². The number of anilines is 1. The molecule has 0 aliphatic heterocycles. The molecule has 0 spiro atoms. The Morgan fingerprint density at radius 1 is 1.19 bits per heavy atom. The lowest BCUT2D eigenvalue weighted by Crippen LogP contribution is -2.62. The zero-order valence-corrected chi connectivity index (χ0v) is 19.8. The van der Waals surface area contributed by atoms with Crippen LogP contribution in [0.2, 0.25) is 0 Å². The zero-order chi connectivity index (χ0) is 27.6. The molecule has 1 aromatic carbocycles. The maximum absolute atomic E-state index is 15.1. The van der Waals surface area contributed by atoms with Crippen LogP contribution in [0.3, 0.4) is 0 Å². The van der Waals surface area contributed by atoms with E-state index in [0.717, 1.165) is 26.6 Å². The number of aromatic nitrogens is 2. The lowest BCUT2D eigenvalue weighted by Gasteiger charge is -2.42. The Balaban J connectivity index is 2.10. The van der Waals surface area contributed by atoms with Crippen molar-refractivity contribution < 1.29 is 45.1 Å². The number of carbonyl (C=O) groups excluding carboxylic acids is 2. The van der Waals surface area contributed by atoms with Gasteiger partial charge in [0.25, 0.3) is 11.5 Å². The molecule has 2 amide bonds. The van der Waals surface area contributed by atoms with Crippen molar-refractivity contribution in [2.75, 3.05) is 4.90 Å². The van der Waals surface area contributed by atoms with Gasteiger partial charge in [0.1, 0.15) is 17.5 Å². The number of ether oxygens (including phenoxy) is 1. The van der Waals surface area contributed by atoms with Gasteiger partial charge in [-0.3, -0.25) is 14.5 Å². The molecule has 37 heavy (non-hydrogen) atoms. The Morgan fingerprint density at radius 3 is 2.30 bits per heavy atom. The zero-order valence-electron chi connectivity index (χ0n) is 19.0. The lowest BCUT2D eigenvalue weighted by atomic mass is 9.69. The molecule has 1 heterocycles. The summed E-state index contributed by atoms with van der Waals surface area (Å²) in [4.78, 5) is 34.4. The van der Waals surface area contributed by atoms with Gasteiger partial charge in [0.05, 0.1) is 5.69 Å². The molecule has 7 nitrogen and oxygen atoms in total. The molecule has 1 N–H and O–H groups in total. The van der Waals surface area contributed by atoms with Crippen LogP contribution in [0.1, 0.15) is 31.2 Å². The number of carbonyl (C=O) groups is 2. The SMILES string of the molecule is B[C@@](C(=O)NC1CCC(F)(F)CC1)(c1cncnc1)N(C(=O)[C@H](F)Cl)c1ccc(OC(F)(F)F)cc1F. The highest BCUT2D eigenvalue weighted by Gasteiger charge is 2.49. The van der Waals surface area contributed by atoms with Crippen LogP contribution >= 0.6 is 11.6 Å². The van der Waals surface area contributed by atoms with Crippen molar-refractivity contribution in [2.24, 2.45) is 0 Å². The van der Waals surface area contributed by atoms with Crippen molar-refractivity contribution in [2.45, 2.75) is 55.1 Å². The number of nitrogens with one attached hydrogen (secondary N) is 1. The second-order valence-electron chi connectivity index (χ2n) is 8.44. The Bertz CT molecular complexity index is 1130. The fourth-order valence-electron chi connectivity index (χ4n) is 3.97. The van der Waals surface area contributed by atoms with Crippen molar-refractivity contribution in [3.05, 3.63) is 48.3 Å². The van der Waals surface area contributed by atoms with Gasteiger partial charge in [0.15, 0.2) is 13.7 Å². The van der Waals surface area contributed by atoms with Gasteiger partial charge < -0.3 is 10.1 Å². The Hall–Kier alpha value is -3.10. The van der Waals surface area contributed by atoms with E-state index in [9.17, 15) is 35.9 Å². The van der Waals surface area contributed by atoms with Gasteiger partial charge in [-0.15, -0.1) is 13.2 Å². The lowest BCUT2D eigenvalue weighted by molar-refractivity contribution is -0.274. The molecule has 1 aliphatic carbocycles. The highest BCUT2D eigenvalue weighted by molar-refractivity contribution is 6.37. The average molecular weight is 555 g/mol. The first-order chi connectivity index (χ1) is 17.1. The maximum atomic E-state index is 15.1. The van der Waals surface area contributed by atoms with Crippen LogP contribution in [0.15, 0.2) is 36.9 Å². The van der Waals surface area contributed by atoms with Gasteiger partial charge in [-0.1, -0.05) is 11.6 Å². The summed E-state index contributed by atoms with van der Waals surface area (Å²) in [5, 5.41) is 2.52. The largest absolute Gasteiger partial charge is 0.573 e. The molecule has 2 aromatic rings. The van der Waals surface area contributed by atoms with Gasteiger partial charge in [-0.25, -0.2) is 27.5 Å². The number of nitrogens with zero attached hydrogens (tertiary/aromatic N) is 3. The van der Waals surface area contributed by atoms with Crippen LogP contribution in [0.5, 0.6) is 5.75 Å². The molecule has 0 bridgehead atoms. The van der Waals surface area contributed by atoms with Crippen molar-refractivity contribution in [1.29, 1.82) is 0 Å². The van der Waals surface area contributed by atoms with E-state index >= 15 is 4.39 Å². The summed E-state index contributed by atoms with van der Waals surface area (Å²) < 4.78 is 97.8. The van der Waals surface area contributed by atoms with Crippen molar-refractivity contribution >= 4 is 36.9 Å². The summed E-state index contributed by atoms with van der Waals surface area (Å²) in [7, 11) is 1.08. The van der Waals surface area contributed by atoms with Crippen LogP contribution in [-0.4, -0.2) is 53.6 Å². The van der Waals surface area contributed by atoms with E-state index in [1.165, 1.54) is 0 Å². The van der Waals surface area contributed by atoms with Crippen molar-refractivity contribution in [3.63, 3.8) is 0 Å². The maximum Gasteiger partial charge on any atom is 0.573 e. The standard InChI is InChI=1S/C21H19BClF7N4O3/c22-20(11-8-31-10-32-9-11,18(36)33-12-3-5-19(26,27)6-4-12)34(17(35)16(23)25)15-2-1-13(7-14(15)24)37-21(28,29)30/h1-2,7-10,12,16H,3-6,22H2,(H,33,36)/t16-,20-/m0/s1. The van der Waals surface area contributed by atoms with Gasteiger partial charge in [-0.05, 0) is 25.0 Å². The highest BCUT2D eigenvalue weighted by Crippen LogP contribution is 2.38. The third-order valence-electron chi connectivity index (χ3n) is 5.87. The van der Waals surface area contributed by atoms with Crippen molar-refractivity contribution in [3.8, 4) is 5.75 Å². The Kier molecular flexibility index (Phi) is 8.25. The molecular weight excluding hydrogens is 536 g/mol. The van der Waals surface area contributed by atoms with Crippen LogP contribution in [0.4, 0.5) is 36.4 Å². The summed E-state index contributed by atoms with van der Waals surface area (Å²) in [6, 6.07) is 0.839. The molecular formula is C21H19BClF7N4O3. The normalized spacial score (nSPS) is 18.4. The van der Waals surface area contributed by atoms with E-state index in [2.05, 4.69) is 20.0 Å². The van der Waals surface area contributed by atoms with E-state index in [1.807, 2.05) is 0 Å². The third kappa shape index (κ3) is 6.62. The molecule has 1 saturated carbocycles. The van der Waals surface area contributed by atoms with Crippen LogP contribution in [-0.2, 0) is 15.0 Å². The quantitative estimate of drug-likeness (QED) is 0.322. The predicted octanol–water partition coefficient (Wildman–Crippen LogP) is 3.56. The Labute approximate surface area is 211 Å². The minimum Gasteiger partial charge on any atom is -0.406 e. The summed E-state index contributed by atoms with van der Waals surface area (Å²) in [5.41, 5.74) is -6.12. The second kappa shape index (κ2) is 10.7. The average Bonchev–Trinajstić information content (AvgIpc) is 2.81. The predicted molar refractivity (Wildman–Crippen MR) is 119 cm³/mol. The van der Waals surface area contributed by atoms with E-state index in [0.29, 0.717) is 17.0 Å². The molecule has 200 valence electrons. The molecule has 1 aliphatic rings. The molecule has 16 heteroatoms. The van der Waals surface area contributed by atoms with E-state index < -0.39 is 71.3 Å². The minimum atomic E-state index is -5.16.